The molecule has 298 valence electrons. The minimum absolute atomic E-state index is 0.0457. The van der Waals surface area contributed by atoms with E-state index >= 15 is 0 Å². The van der Waals surface area contributed by atoms with Crippen LogP contribution in [0.3, 0.4) is 0 Å². The minimum Gasteiger partial charge on any atom is -0.334 e. The summed E-state index contributed by atoms with van der Waals surface area (Å²) in [6.07, 6.45) is 11.0. The fraction of sp³-hybridized carbons (Fsp3) is 0.368. The molecule has 6 aromatic rings. The zero-order valence-electron chi connectivity index (χ0n) is 36.1. The molecule has 6 unspecified atom stereocenters. The van der Waals surface area contributed by atoms with Crippen molar-refractivity contribution in [2.24, 2.45) is 11.8 Å². The molecule has 2 saturated carbocycles. The quantitative estimate of drug-likeness (QED) is 0.166. The van der Waals surface area contributed by atoms with Gasteiger partial charge in [0, 0.05) is 33.6 Å². The standard InChI is InChI=1S/C57H60N2/c1-7-38-27-29-56(5)54(3,36-38)50-34-42(21-25-52(50)58(56)46-15-11-9-12-16-46)40-19-23-48-44(31-40)33-45-32-41(20-24-49(45)48)43-22-26-53-51(35-43)55(4)37-39(8-2)28-30-57(55,6)59(53)47-17-13-10-14-18-47/h9-26,31-32,34-35,38-39H,7-8,27-30,33,36-37H2,1-6H3. The molecule has 6 atom stereocenters. The predicted octanol–water partition coefficient (Wildman–Crippen LogP) is 15.3. The molecule has 59 heavy (non-hydrogen) atoms. The molecule has 2 heterocycles. The molecular weight excluding hydrogens is 713 g/mol. The molecule has 0 N–H and O–H groups in total. The third-order valence-electron chi connectivity index (χ3n) is 17.2. The molecule has 6 aromatic carbocycles. The Morgan fingerprint density at radius 2 is 0.864 bits per heavy atom. The van der Waals surface area contributed by atoms with Gasteiger partial charge >= 0.3 is 0 Å². The van der Waals surface area contributed by atoms with Crippen LogP contribution in [0.15, 0.2) is 133 Å². The van der Waals surface area contributed by atoms with E-state index in [1.165, 1.54) is 130 Å². The summed E-state index contributed by atoms with van der Waals surface area (Å²) in [6.45, 7) is 15.0. The zero-order chi connectivity index (χ0) is 40.3. The fourth-order valence-electron chi connectivity index (χ4n) is 13.3. The molecule has 2 aliphatic heterocycles. The van der Waals surface area contributed by atoms with Crippen molar-refractivity contribution in [2.75, 3.05) is 9.80 Å². The summed E-state index contributed by atoms with van der Waals surface area (Å²) < 4.78 is 0. The van der Waals surface area contributed by atoms with Crippen LogP contribution in [0.5, 0.6) is 0 Å². The maximum absolute atomic E-state index is 2.70. The van der Waals surface area contributed by atoms with Crippen LogP contribution in [-0.2, 0) is 17.3 Å². The number of anilines is 4. The van der Waals surface area contributed by atoms with E-state index in [-0.39, 0.29) is 21.9 Å². The SMILES string of the molecule is CCC1CCC2(C)N(c3ccccc3)c3ccc(-c4ccc5c(c4)Cc4cc(-c6ccc7c(c6)C6(C)CC(CC)CCC6(C)N7c6ccccc6)ccc4-5)cc3C2(C)C1. The Hall–Kier alpha value is -5.08. The smallest absolute Gasteiger partial charge is 0.0518 e. The Morgan fingerprint density at radius 1 is 0.475 bits per heavy atom. The lowest BCUT2D eigenvalue weighted by Crippen LogP contribution is -2.56. The van der Waals surface area contributed by atoms with Crippen molar-refractivity contribution in [3.05, 3.63) is 156 Å². The number of nitrogens with zero attached hydrogens (tertiary/aromatic N) is 2. The van der Waals surface area contributed by atoms with Crippen molar-refractivity contribution < 1.29 is 0 Å². The molecule has 5 aliphatic rings. The second-order valence-corrected chi connectivity index (χ2v) is 20.0. The molecule has 0 bridgehead atoms. The molecule has 0 spiro atoms. The number of hydrogen-bond donors (Lipinski definition) is 0. The largest absolute Gasteiger partial charge is 0.334 e. The van der Waals surface area contributed by atoms with Gasteiger partial charge in [-0.1, -0.05) is 125 Å². The second kappa shape index (κ2) is 13.2. The number of hydrogen-bond acceptors (Lipinski definition) is 2. The molecule has 0 radical (unpaired) electrons. The fourth-order valence-corrected chi connectivity index (χ4v) is 13.3. The van der Waals surface area contributed by atoms with Crippen LogP contribution in [0.4, 0.5) is 22.7 Å². The monoisotopic (exact) mass is 772 g/mol. The molecule has 2 nitrogen and oxygen atoms in total. The Balaban J connectivity index is 0.929. The van der Waals surface area contributed by atoms with Gasteiger partial charge in [-0.2, -0.15) is 0 Å². The lowest BCUT2D eigenvalue weighted by molar-refractivity contribution is 0.143. The molecule has 2 fully saturated rings. The van der Waals surface area contributed by atoms with Crippen molar-refractivity contribution in [3.8, 4) is 33.4 Å². The van der Waals surface area contributed by atoms with Gasteiger partial charge in [-0.05, 0) is 175 Å². The minimum atomic E-state index is 0.0457. The number of fused-ring (bicyclic) bond motifs is 9. The summed E-state index contributed by atoms with van der Waals surface area (Å²) in [7, 11) is 0. The zero-order valence-corrected chi connectivity index (χ0v) is 36.1. The molecule has 0 amide bonds. The third-order valence-corrected chi connectivity index (χ3v) is 17.2. The number of para-hydroxylation sites is 2. The Morgan fingerprint density at radius 3 is 1.27 bits per heavy atom. The first kappa shape index (κ1) is 37.0. The maximum atomic E-state index is 2.70. The normalized spacial score (nSPS) is 28.7. The average molecular weight is 773 g/mol. The van der Waals surface area contributed by atoms with E-state index in [0.717, 1.165) is 18.3 Å². The highest BCUT2D eigenvalue weighted by molar-refractivity contribution is 5.86. The predicted molar refractivity (Wildman–Crippen MR) is 249 cm³/mol. The van der Waals surface area contributed by atoms with Crippen LogP contribution in [0, 0.1) is 11.8 Å². The lowest BCUT2D eigenvalue weighted by atomic mass is 9.58. The molecular formula is C57H60N2. The summed E-state index contributed by atoms with van der Waals surface area (Å²) in [5.41, 5.74) is 19.8. The van der Waals surface area contributed by atoms with Crippen molar-refractivity contribution >= 4 is 22.7 Å². The maximum Gasteiger partial charge on any atom is 0.0518 e. The van der Waals surface area contributed by atoms with Gasteiger partial charge in [-0.15, -0.1) is 0 Å². The van der Waals surface area contributed by atoms with E-state index in [2.05, 4.69) is 185 Å². The summed E-state index contributed by atoms with van der Waals surface area (Å²) in [5, 5.41) is 0. The van der Waals surface area contributed by atoms with Crippen LogP contribution in [0.25, 0.3) is 33.4 Å². The highest BCUT2D eigenvalue weighted by Crippen LogP contribution is 2.64. The van der Waals surface area contributed by atoms with Gasteiger partial charge in [-0.3, -0.25) is 0 Å². The highest BCUT2D eigenvalue weighted by Gasteiger charge is 2.60. The summed E-state index contributed by atoms with van der Waals surface area (Å²) in [4.78, 5) is 5.40. The van der Waals surface area contributed by atoms with Gasteiger partial charge in [0.1, 0.15) is 0 Å². The molecule has 0 saturated heterocycles. The van der Waals surface area contributed by atoms with E-state index in [9.17, 15) is 0 Å². The van der Waals surface area contributed by atoms with Crippen molar-refractivity contribution in [2.45, 2.75) is 121 Å². The number of benzene rings is 6. The lowest BCUT2D eigenvalue weighted by Gasteiger charge is -2.52. The first-order valence-electron chi connectivity index (χ1n) is 22.9. The number of rotatable bonds is 6. The van der Waals surface area contributed by atoms with E-state index < -0.39 is 0 Å². The van der Waals surface area contributed by atoms with Gasteiger partial charge < -0.3 is 9.80 Å². The van der Waals surface area contributed by atoms with Crippen LogP contribution in [0.1, 0.15) is 115 Å². The van der Waals surface area contributed by atoms with Crippen molar-refractivity contribution in [1.29, 1.82) is 0 Å². The van der Waals surface area contributed by atoms with Gasteiger partial charge in [0.05, 0.1) is 11.1 Å². The van der Waals surface area contributed by atoms with Crippen LogP contribution in [-0.4, -0.2) is 11.1 Å². The molecule has 2 heteroatoms. The van der Waals surface area contributed by atoms with Crippen LogP contribution < -0.4 is 9.80 Å². The second-order valence-electron chi connectivity index (χ2n) is 20.0. The van der Waals surface area contributed by atoms with E-state index in [1.54, 1.807) is 0 Å². The van der Waals surface area contributed by atoms with Gasteiger partial charge in [0.2, 0.25) is 0 Å². The Bertz CT molecular complexity index is 2430. The van der Waals surface area contributed by atoms with Crippen LogP contribution >= 0.6 is 0 Å². The van der Waals surface area contributed by atoms with E-state index in [0.29, 0.717) is 0 Å². The van der Waals surface area contributed by atoms with E-state index in [1.807, 2.05) is 0 Å². The van der Waals surface area contributed by atoms with Crippen molar-refractivity contribution in [1.82, 2.24) is 0 Å². The highest BCUT2D eigenvalue weighted by atomic mass is 15.3. The average Bonchev–Trinajstić information content (AvgIpc) is 3.81. The molecule has 3 aliphatic carbocycles. The molecule has 0 aromatic heterocycles. The Labute approximate surface area is 353 Å². The molecule has 11 rings (SSSR count). The summed E-state index contributed by atoms with van der Waals surface area (Å²) >= 11 is 0. The summed E-state index contributed by atoms with van der Waals surface area (Å²) in [6, 6.07) is 51.7. The van der Waals surface area contributed by atoms with Gasteiger partial charge in [0.25, 0.3) is 0 Å². The third kappa shape index (κ3) is 5.17. The van der Waals surface area contributed by atoms with Gasteiger partial charge in [0.15, 0.2) is 0 Å². The first-order chi connectivity index (χ1) is 28.6. The van der Waals surface area contributed by atoms with Crippen LogP contribution in [0.2, 0.25) is 0 Å². The Kier molecular flexibility index (Phi) is 8.27. The first-order valence-corrected chi connectivity index (χ1v) is 22.9. The van der Waals surface area contributed by atoms with Gasteiger partial charge in [-0.25, -0.2) is 0 Å². The topological polar surface area (TPSA) is 6.48 Å². The van der Waals surface area contributed by atoms with Crippen molar-refractivity contribution in [3.63, 3.8) is 0 Å². The summed E-state index contributed by atoms with van der Waals surface area (Å²) in [5.74, 6) is 1.54. The van der Waals surface area contributed by atoms with E-state index in [4.69, 9.17) is 0 Å².